The number of nitrogens with zero attached hydrogens (tertiary/aromatic N) is 1. The van der Waals surface area contributed by atoms with Gasteiger partial charge in [0.25, 0.3) is 5.91 Å². The average Bonchev–Trinajstić information content (AvgIpc) is 2.72. The van der Waals surface area contributed by atoms with E-state index in [0.29, 0.717) is 16.1 Å². The molecule has 1 aromatic heterocycles. The lowest BCUT2D eigenvalue weighted by Crippen LogP contribution is -2.11. The van der Waals surface area contributed by atoms with Crippen LogP contribution in [0.5, 0.6) is 0 Å². The normalized spacial score (nSPS) is 10.0. The molecule has 5 heteroatoms. The fourth-order valence-corrected chi connectivity index (χ4v) is 3.01. The number of nitriles is 1. The monoisotopic (exact) mass is 334 g/mol. The smallest absolute Gasteiger partial charge is 0.265 e. The summed E-state index contributed by atoms with van der Waals surface area (Å²) in [5.41, 5.74) is 3.17. The number of anilines is 1. The number of carbonyl (C=O) groups is 1. The van der Waals surface area contributed by atoms with Crippen LogP contribution in [0.2, 0.25) is 0 Å². The van der Waals surface area contributed by atoms with Gasteiger partial charge in [-0.15, -0.1) is 11.3 Å². The molecule has 1 aromatic carbocycles. The van der Waals surface area contributed by atoms with Crippen molar-refractivity contribution in [3.8, 4) is 6.07 Å². The van der Waals surface area contributed by atoms with Gasteiger partial charge >= 0.3 is 0 Å². The zero-order valence-electron chi connectivity index (χ0n) is 10.5. The number of thiophene rings is 1. The van der Waals surface area contributed by atoms with E-state index in [1.54, 1.807) is 12.1 Å². The number of rotatable bonds is 2. The Morgan fingerprint density at radius 2 is 2.05 bits per heavy atom. The van der Waals surface area contributed by atoms with Crippen molar-refractivity contribution in [2.75, 3.05) is 5.32 Å². The molecule has 0 unspecified atom stereocenters. The fourth-order valence-electron chi connectivity index (χ4n) is 1.58. The highest BCUT2D eigenvalue weighted by Crippen LogP contribution is 2.28. The molecule has 1 heterocycles. The summed E-state index contributed by atoms with van der Waals surface area (Å²) < 4.78 is 0.958. The maximum absolute atomic E-state index is 12.1. The summed E-state index contributed by atoms with van der Waals surface area (Å²) in [6.45, 7) is 3.84. The van der Waals surface area contributed by atoms with Crippen molar-refractivity contribution in [2.24, 2.45) is 0 Å². The second-order valence-electron chi connectivity index (χ2n) is 4.16. The highest BCUT2D eigenvalue weighted by Gasteiger charge is 2.12. The predicted octanol–water partition coefficient (Wildman–Crippen LogP) is 4.25. The molecule has 0 spiro atoms. The fraction of sp³-hybridized carbons (Fsp3) is 0.143. The molecule has 0 saturated heterocycles. The van der Waals surface area contributed by atoms with Crippen LogP contribution in [0.15, 0.2) is 28.1 Å². The SMILES string of the molecule is Cc1ccc(C#N)cc1NC(=O)c1cc(C)c(Br)s1. The third-order valence-electron chi connectivity index (χ3n) is 2.70. The molecule has 0 bridgehead atoms. The Labute approximate surface area is 124 Å². The van der Waals surface area contributed by atoms with Gasteiger partial charge in [-0.25, -0.2) is 0 Å². The van der Waals surface area contributed by atoms with E-state index in [0.717, 1.165) is 14.9 Å². The first-order chi connectivity index (χ1) is 9.01. The Morgan fingerprint density at radius 3 is 2.63 bits per heavy atom. The van der Waals surface area contributed by atoms with E-state index < -0.39 is 0 Å². The van der Waals surface area contributed by atoms with Gasteiger partial charge in [-0.1, -0.05) is 6.07 Å². The topological polar surface area (TPSA) is 52.9 Å². The van der Waals surface area contributed by atoms with Crippen LogP contribution >= 0.6 is 27.3 Å². The number of nitrogens with one attached hydrogen (secondary N) is 1. The Hall–Kier alpha value is -1.64. The summed E-state index contributed by atoms with van der Waals surface area (Å²) in [5, 5.41) is 11.7. The van der Waals surface area contributed by atoms with Crippen LogP contribution < -0.4 is 5.32 Å². The van der Waals surface area contributed by atoms with E-state index in [9.17, 15) is 4.79 Å². The first-order valence-electron chi connectivity index (χ1n) is 5.59. The Kier molecular flexibility index (Phi) is 4.03. The quantitative estimate of drug-likeness (QED) is 0.892. The standard InChI is InChI=1S/C14H11BrN2OS/c1-8-3-4-10(7-16)6-11(8)17-14(18)12-5-9(2)13(15)19-12/h3-6H,1-2H3,(H,17,18). The van der Waals surface area contributed by atoms with Crippen molar-refractivity contribution in [3.63, 3.8) is 0 Å². The van der Waals surface area contributed by atoms with Crippen molar-refractivity contribution in [2.45, 2.75) is 13.8 Å². The summed E-state index contributed by atoms with van der Waals surface area (Å²) >= 11 is 4.80. The molecule has 0 aliphatic rings. The molecule has 2 aromatic rings. The van der Waals surface area contributed by atoms with Crippen LogP contribution in [0, 0.1) is 25.2 Å². The molecule has 0 atom stereocenters. The largest absolute Gasteiger partial charge is 0.321 e. The van der Waals surface area contributed by atoms with Crippen LogP contribution in [0.4, 0.5) is 5.69 Å². The minimum Gasteiger partial charge on any atom is -0.321 e. The second kappa shape index (κ2) is 5.55. The zero-order chi connectivity index (χ0) is 14.0. The lowest BCUT2D eigenvalue weighted by atomic mass is 10.1. The summed E-state index contributed by atoms with van der Waals surface area (Å²) in [6, 6.07) is 9.14. The van der Waals surface area contributed by atoms with Crippen LogP contribution in [-0.4, -0.2) is 5.91 Å². The Morgan fingerprint density at radius 1 is 1.32 bits per heavy atom. The van der Waals surface area contributed by atoms with Gasteiger partial charge in [0.2, 0.25) is 0 Å². The number of hydrogen-bond acceptors (Lipinski definition) is 3. The number of amides is 1. The molecule has 96 valence electrons. The minimum absolute atomic E-state index is 0.156. The van der Waals surface area contributed by atoms with Gasteiger partial charge in [-0.2, -0.15) is 5.26 Å². The molecule has 0 radical (unpaired) electrons. The molecule has 1 N–H and O–H groups in total. The molecule has 0 fully saturated rings. The third kappa shape index (κ3) is 3.03. The number of halogens is 1. The summed E-state index contributed by atoms with van der Waals surface area (Å²) in [7, 11) is 0. The van der Waals surface area contributed by atoms with E-state index in [2.05, 4.69) is 27.3 Å². The summed E-state index contributed by atoms with van der Waals surface area (Å²) in [6.07, 6.45) is 0. The highest BCUT2D eigenvalue weighted by molar-refractivity contribution is 9.11. The van der Waals surface area contributed by atoms with E-state index >= 15 is 0 Å². The molecule has 2 rings (SSSR count). The van der Waals surface area contributed by atoms with Crippen molar-refractivity contribution in [1.29, 1.82) is 5.26 Å². The van der Waals surface area contributed by atoms with Gasteiger partial charge < -0.3 is 5.32 Å². The van der Waals surface area contributed by atoms with Gasteiger partial charge in [0.15, 0.2) is 0 Å². The molecule has 3 nitrogen and oxygen atoms in total. The lowest BCUT2D eigenvalue weighted by Gasteiger charge is -2.07. The van der Waals surface area contributed by atoms with Gasteiger partial charge in [-0.05, 0) is 59.1 Å². The molecule has 0 saturated carbocycles. The highest BCUT2D eigenvalue weighted by atomic mass is 79.9. The second-order valence-corrected chi connectivity index (χ2v) is 6.53. The molecule has 1 amide bonds. The Balaban J connectivity index is 2.26. The minimum atomic E-state index is -0.156. The number of benzene rings is 1. The molecule has 19 heavy (non-hydrogen) atoms. The number of hydrogen-bond donors (Lipinski definition) is 1. The first-order valence-corrected chi connectivity index (χ1v) is 7.20. The lowest BCUT2D eigenvalue weighted by molar-refractivity contribution is 0.103. The van der Waals surface area contributed by atoms with Crippen molar-refractivity contribution >= 4 is 38.9 Å². The molecule has 0 aliphatic carbocycles. The maximum atomic E-state index is 12.1. The van der Waals surface area contributed by atoms with Crippen molar-refractivity contribution < 1.29 is 4.79 Å². The van der Waals surface area contributed by atoms with E-state index in [4.69, 9.17) is 5.26 Å². The molecule has 0 aliphatic heterocycles. The average molecular weight is 335 g/mol. The van der Waals surface area contributed by atoms with Crippen LogP contribution in [0.1, 0.15) is 26.4 Å². The van der Waals surface area contributed by atoms with Crippen molar-refractivity contribution in [3.05, 3.63) is 49.6 Å². The van der Waals surface area contributed by atoms with Gasteiger partial charge in [-0.3, -0.25) is 4.79 Å². The predicted molar refractivity (Wildman–Crippen MR) is 80.6 cm³/mol. The van der Waals surface area contributed by atoms with Gasteiger partial charge in [0.1, 0.15) is 0 Å². The van der Waals surface area contributed by atoms with Crippen LogP contribution in [0.3, 0.4) is 0 Å². The van der Waals surface area contributed by atoms with Crippen molar-refractivity contribution in [1.82, 2.24) is 0 Å². The maximum Gasteiger partial charge on any atom is 0.265 e. The van der Waals surface area contributed by atoms with Gasteiger partial charge in [0.05, 0.1) is 20.3 Å². The van der Waals surface area contributed by atoms with Crippen LogP contribution in [-0.2, 0) is 0 Å². The Bertz CT molecular complexity index is 666. The van der Waals surface area contributed by atoms with E-state index in [-0.39, 0.29) is 5.91 Å². The van der Waals surface area contributed by atoms with Gasteiger partial charge in [0, 0.05) is 5.69 Å². The summed E-state index contributed by atoms with van der Waals surface area (Å²) in [5.74, 6) is -0.156. The number of carbonyl (C=O) groups excluding carboxylic acids is 1. The van der Waals surface area contributed by atoms with E-state index in [1.165, 1.54) is 11.3 Å². The zero-order valence-corrected chi connectivity index (χ0v) is 12.9. The molecular formula is C14H11BrN2OS. The van der Waals surface area contributed by atoms with E-state index in [1.807, 2.05) is 26.0 Å². The van der Waals surface area contributed by atoms with Crippen LogP contribution in [0.25, 0.3) is 0 Å². The molecular weight excluding hydrogens is 324 g/mol. The third-order valence-corrected chi connectivity index (χ3v) is 4.83. The number of aryl methyl sites for hydroxylation is 2. The first kappa shape index (κ1) is 13.8. The summed E-state index contributed by atoms with van der Waals surface area (Å²) in [4.78, 5) is 12.8.